The molecule has 1 amide bonds. The molecule has 0 aliphatic carbocycles. The number of aliphatic imine (C=N–C) groups is 1. The second-order valence-corrected chi connectivity index (χ2v) is 3.77. The Morgan fingerprint density at radius 1 is 1.56 bits per heavy atom. The highest BCUT2D eigenvalue weighted by Crippen LogP contribution is 2.22. The SMILES string of the molecule is CCN=C1NC(=O)C(C)(c2cccnc2)N1. The van der Waals surface area contributed by atoms with E-state index in [2.05, 4.69) is 20.6 Å². The zero-order valence-electron chi connectivity index (χ0n) is 9.32. The molecule has 1 fully saturated rings. The van der Waals surface area contributed by atoms with Crippen molar-refractivity contribution in [1.82, 2.24) is 15.6 Å². The molecular formula is C11H14N4O. The predicted octanol–water partition coefficient (Wildman–Crippen LogP) is 0.392. The fourth-order valence-corrected chi connectivity index (χ4v) is 1.66. The van der Waals surface area contributed by atoms with Gasteiger partial charge in [0.2, 0.25) is 0 Å². The Balaban J connectivity index is 2.34. The molecule has 1 aliphatic heterocycles. The van der Waals surface area contributed by atoms with E-state index in [1.807, 2.05) is 26.0 Å². The van der Waals surface area contributed by atoms with Gasteiger partial charge in [-0.3, -0.25) is 20.1 Å². The van der Waals surface area contributed by atoms with Crippen LogP contribution in [0, 0.1) is 0 Å². The topological polar surface area (TPSA) is 66.4 Å². The summed E-state index contributed by atoms with van der Waals surface area (Å²) in [7, 11) is 0. The van der Waals surface area contributed by atoms with Crippen LogP contribution in [0.25, 0.3) is 0 Å². The minimum Gasteiger partial charge on any atom is -0.338 e. The molecule has 0 spiro atoms. The Labute approximate surface area is 94.0 Å². The number of guanidine groups is 1. The molecule has 16 heavy (non-hydrogen) atoms. The first kappa shape index (κ1) is 10.6. The number of nitrogens with zero attached hydrogens (tertiary/aromatic N) is 2. The fraction of sp³-hybridized carbons (Fsp3) is 0.364. The van der Waals surface area contributed by atoms with Gasteiger partial charge in [-0.1, -0.05) is 6.07 Å². The van der Waals surface area contributed by atoms with Crippen molar-refractivity contribution < 1.29 is 4.79 Å². The Morgan fingerprint density at radius 2 is 2.38 bits per heavy atom. The second-order valence-electron chi connectivity index (χ2n) is 3.77. The van der Waals surface area contributed by atoms with Gasteiger partial charge < -0.3 is 5.32 Å². The van der Waals surface area contributed by atoms with E-state index >= 15 is 0 Å². The Bertz CT molecular complexity index is 429. The zero-order chi connectivity index (χ0) is 11.6. The van der Waals surface area contributed by atoms with Gasteiger partial charge in [-0.2, -0.15) is 0 Å². The molecule has 1 aromatic heterocycles. The molecule has 1 aromatic rings. The number of nitrogens with one attached hydrogen (secondary N) is 2. The minimum absolute atomic E-state index is 0.104. The van der Waals surface area contributed by atoms with Gasteiger partial charge in [0.1, 0.15) is 5.54 Å². The average molecular weight is 218 g/mol. The van der Waals surface area contributed by atoms with E-state index in [-0.39, 0.29) is 5.91 Å². The summed E-state index contributed by atoms with van der Waals surface area (Å²) in [6, 6.07) is 3.68. The summed E-state index contributed by atoms with van der Waals surface area (Å²) in [5.41, 5.74) is 0.0521. The number of aromatic nitrogens is 1. The standard InChI is InChI=1S/C11H14N4O/c1-3-13-10-14-9(16)11(2,15-10)8-5-4-6-12-7-8/h4-7H,3H2,1-2H3,(H2,13,14,15,16). The summed E-state index contributed by atoms with van der Waals surface area (Å²) < 4.78 is 0. The molecule has 0 radical (unpaired) electrons. The van der Waals surface area contributed by atoms with Gasteiger partial charge in [0, 0.05) is 24.5 Å². The fourth-order valence-electron chi connectivity index (χ4n) is 1.66. The van der Waals surface area contributed by atoms with Crippen LogP contribution in [0.15, 0.2) is 29.5 Å². The van der Waals surface area contributed by atoms with Gasteiger partial charge in [-0.05, 0) is 19.9 Å². The Hall–Kier alpha value is -1.91. The van der Waals surface area contributed by atoms with Gasteiger partial charge in [0.25, 0.3) is 5.91 Å². The zero-order valence-corrected chi connectivity index (χ0v) is 9.32. The maximum absolute atomic E-state index is 11.9. The van der Waals surface area contributed by atoms with E-state index in [4.69, 9.17) is 0 Å². The minimum atomic E-state index is -0.776. The van der Waals surface area contributed by atoms with Gasteiger partial charge in [0.05, 0.1) is 0 Å². The van der Waals surface area contributed by atoms with Crippen molar-refractivity contribution in [2.45, 2.75) is 19.4 Å². The maximum Gasteiger partial charge on any atom is 0.256 e. The number of pyridine rings is 1. The van der Waals surface area contributed by atoms with Crippen molar-refractivity contribution in [1.29, 1.82) is 0 Å². The summed E-state index contributed by atoms with van der Waals surface area (Å²) in [4.78, 5) is 20.1. The quantitative estimate of drug-likeness (QED) is 0.754. The lowest BCUT2D eigenvalue weighted by molar-refractivity contribution is -0.123. The van der Waals surface area contributed by atoms with Gasteiger partial charge in [0.15, 0.2) is 5.96 Å². The number of rotatable bonds is 2. The van der Waals surface area contributed by atoms with Crippen molar-refractivity contribution in [3.8, 4) is 0 Å². The molecular weight excluding hydrogens is 204 g/mol. The van der Waals surface area contributed by atoms with E-state index < -0.39 is 5.54 Å². The molecule has 2 N–H and O–H groups in total. The lowest BCUT2D eigenvalue weighted by Gasteiger charge is -2.20. The summed E-state index contributed by atoms with van der Waals surface area (Å²) >= 11 is 0. The van der Waals surface area contributed by atoms with E-state index in [0.29, 0.717) is 12.5 Å². The molecule has 1 atom stereocenters. The van der Waals surface area contributed by atoms with Crippen LogP contribution < -0.4 is 10.6 Å². The van der Waals surface area contributed by atoms with E-state index in [1.165, 1.54) is 0 Å². The van der Waals surface area contributed by atoms with E-state index in [9.17, 15) is 4.79 Å². The van der Waals surface area contributed by atoms with Crippen LogP contribution in [-0.2, 0) is 10.3 Å². The molecule has 0 bridgehead atoms. The van der Waals surface area contributed by atoms with E-state index in [0.717, 1.165) is 5.56 Å². The summed E-state index contributed by atoms with van der Waals surface area (Å²) in [6.45, 7) is 4.36. The molecule has 5 nitrogen and oxygen atoms in total. The van der Waals surface area contributed by atoms with Crippen molar-refractivity contribution in [2.75, 3.05) is 6.54 Å². The van der Waals surface area contributed by atoms with Crippen LogP contribution >= 0.6 is 0 Å². The third kappa shape index (κ3) is 1.64. The summed E-state index contributed by atoms with van der Waals surface area (Å²) in [5, 5.41) is 5.80. The van der Waals surface area contributed by atoms with Crippen LogP contribution in [0.5, 0.6) is 0 Å². The molecule has 0 saturated carbocycles. The number of carbonyl (C=O) groups is 1. The predicted molar refractivity (Wildman–Crippen MR) is 60.8 cm³/mol. The van der Waals surface area contributed by atoms with Crippen LogP contribution in [0.1, 0.15) is 19.4 Å². The molecule has 1 saturated heterocycles. The van der Waals surface area contributed by atoms with Gasteiger partial charge >= 0.3 is 0 Å². The second kappa shape index (κ2) is 3.92. The smallest absolute Gasteiger partial charge is 0.256 e. The maximum atomic E-state index is 11.9. The Morgan fingerprint density at radius 3 is 3.00 bits per heavy atom. The lowest BCUT2D eigenvalue weighted by Crippen LogP contribution is -2.40. The van der Waals surface area contributed by atoms with Gasteiger partial charge in [-0.25, -0.2) is 0 Å². The largest absolute Gasteiger partial charge is 0.338 e. The van der Waals surface area contributed by atoms with Crippen LogP contribution in [0.4, 0.5) is 0 Å². The highest BCUT2D eigenvalue weighted by Gasteiger charge is 2.42. The molecule has 0 aromatic carbocycles. The average Bonchev–Trinajstić information content (AvgIpc) is 2.57. The molecule has 84 valence electrons. The number of carbonyl (C=O) groups excluding carboxylic acids is 1. The molecule has 5 heteroatoms. The molecule has 2 heterocycles. The highest BCUT2D eigenvalue weighted by molar-refractivity contribution is 6.09. The first-order valence-electron chi connectivity index (χ1n) is 5.21. The molecule has 1 aliphatic rings. The molecule has 2 rings (SSSR count). The van der Waals surface area contributed by atoms with E-state index in [1.54, 1.807) is 12.4 Å². The first-order valence-corrected chi connectivity index (χ1v) is 5.21. The van der Waals surface area contributed by atoms with Crippen molar-refractivity contribution in [3.63, 3.8) is 0 Å². The molecule has 1 unspecified atom stereocenters. The monoisotopic (exact) mass is 218 g/mol. The van der Waals surface area contributed by atoms with Crippen molar-refractivity contribution >= 4 is 11.9 Å². The first-order chi connectivity index (χ1) is 7.66. The number of hydrogen-bond donors (Lipinski definition) is 2. The van der Waals surface area contributed by atoms with Crippen LogP contribution in [0.2, 0.25) is 0 Å². The van der Waals surface area contributed by atoms with Crippen molar-refractivity contribution in [2.24, 2.45) is 4.99 Å². The Kier molecular flexibility index (Phi) is 2.60. The summed E-state index contributed by atoms with van der Waals surface area (Å²) in [5.74, 6) is 0.423. The van der Waals surface area contributed by atoms with Gasteiger partial charge in [-0.15, -0.1) is 0 Å². The summed E-state index contributed by atoms with van der Waals surface area (Å²) in [6.07, 6.45) is 3.36. The normalized spacial score (nSPS) is 26.6. The third-order valence-electron chi connectivity index (χ3n) is 2.61. The van der Waals surface area contributed by atoms with Crippen LogP contribution in [-0.4, -0.2) is 23.4 Å². The van der Waals surface area contributed by atoms with Crippen molar-refractivity contribution in [3.05, 3.63) is 30.1 Å². The third-order valence-corrected chi connectivity index (χ3v) is 2.61. The number of hydrogen-bond acceptors (Lipinski definition) is 3. The lowest BCUT2D eigenvalue weighted by atomic mass is 9.94. The van der Waals surface area contributed by atoms with Crippen LogP contribution in [0.3, 0.4) is 0 Å². The number of amides is 1. The highest BCUT2D eigenvalue weighted by atomic mass is 16.2.